The highest BCUT2D eigenvalue weighted by Crippen LogP contribution is 2.35. The van der Waals surface area contributed by atoms with Crippen LogP contribution in [0.15, 0.2) is 18.2 Å². The lowest BCUT2D eigenvalue weighted by Crippen LogP contribution is -2.25. The van der Waals surface area contributed by atoms with Crippen LogP contribution in [0.2, 0.25) is 0 Å². The summed E-state index contributed by atoms with van der Waals surface area (Å²) in [6.07, 6.45) is 3.06. The highest BCUT2D eigenvalue weighted by molar-refractivity contribution is 6.10. The van der Waals surface area contributed by atoms with Crippen LogP contribution in [0.4, 0.5) is 0 Å². The summed E-state index contributed by atoms with van der Waals surface area (Å²) >= 11 is 0. The molecule has 5 heteroatoms. The molecule has 0 unspecified atom stereocenters. The molecule has 1 aliphatic heterocycles. The van der Waals surface area contributed by atoms with E-state index in [1.807, 2.05) is 19.1 Å². The largest absolute Gasteiger partial charge is 0.487 e. The SMILES string of the molecule is Cc1[nH]c2c(c1C(=O)NCc1ccc3c(c1)CC(C)(C)O3)C(=O)CCC2. The average Bonchev–Trinajstić information content (AvgIpc) is 3.07. The fourth-order valence-electron chi connectivity index (χ4n) is 4.06. The molecule has 5 nitrogen and oxygen atoms in total. The molecule has 4 rings (SSSR count). The molecule has 0 saturated carbocycles. The average molecular weight is 352 g/mol. The summed E-state index contributed by atoms with van der Waals surface area (Å²) in [4.78, 5) is 28.2. The normalized spacial score (nSPS) is 17.4. The third-order valence-electron chi connectivity index (χ3n) is 5.18. The number of carbonyl (C=O) groups excluding carboxylic acids is 2. The van der Waals surface area contributed by atoms with Gasteiger partial charge < -0.3 is 15.0 Å². The number of amides is 1. The van der Waals surface area contributed by atoms with Gasteiger partial charge in [-0.15, -0.1) is 0 Å². The number of Topliss-reactive ketones (excluding diaryl/α,β-unsaturated/α-hetero) is 1. The van der Waals surface area contributed by atoms with Crippen molar-refractivity contribution in [1.82, 2.24) is 10.3 Å². The number of ether oxygens (including phenoxy) is 1. The van der Waals surface area contributed by atoms with Gasteiger partial charge in [-0.1, -0.05) is 12.1 Å². The highest BCUT2D eigenvalue weighted by atomic mass is 16.5. The predicted molar refractivity (Wildman–Crippen MR) is 98.8 cm³/mol. The second kappa shape index (κ2) is 6.01. The zero-order valence-electron chi connectivity index (χ0n) is 15.5. The molecule has 1 aromatic carbocycles. The third-order valence-corrected chi connectivity index (χ3v) is 5.18. The van der Waals surface area contributed by atoms with E-state index >= 15 is 0 Å². The van der Waals surface area contributed by atoms with Crippen LogP contribution in [0, 0.1) is 6.92 Å². The molecule has 1 aromatic heterocycles. The van der Waals surface area contributed by atoms with Crippen molar-refractivity contribution in [3.63, 3.8) is 0 Å². The molecule has 0 radical (unpaired) electrons. The molecule has 136 valence electrons. The number of rotatable bonds is 3. The fraction of sp³-hybridized carbons (Fsp3) is 0.429. The van der Waals surface area contributed by atoms with Crippen molar-refractivity contribution in [1.29, 1.82) is 0 Å². The van der Waals surface area contributed by atoms with Crippen LogP contribution in [0.3, 0.4) is 0 Å². The highest BCUT2D eigenvalue weighted by Gasteiger charge is 2.30. The number of H-pyrrole nitrogens is 1. The number of hydrogen-bond acceptors (Lipinski definition) is 3. The summed E-state index contributed by atoms with van der Waals surface area (Å²) in [5.74, 6) is 0.802. The Balaban J connectivity index is 1.51. The first kappa shape index (κ1) is 16.9. The van der Waals surface area contributed by atoms with E-state index < -0.39 is 0 Å². The van der Waals surface area contributed by atoms with Crippen LogP contribution in [0.1, 0.15) is 69.9 Å². The Hall–Kier alpha value is -2.56. The number of carbonyl (C=O) groups is 2. The smallest absolute Gasteiger partial charge is 0.254 e. The number of aryl methyl sites for hydroxylation is 2. The van der Waals surface area contributed by atoms with Crippen LogP contribution in [0.5, 0.6) is 5.75 Å². The van der Waals surface area contributed by atoms with Crippen molar-refractivity contribution < 1.29 is 14.3 Å². The summed E-state index contributed by atoms with van der Waals surface area (Å²) in [5, 5.41) is 2.97. The summed E-state index contributed by atoms with van der Waals surface area (Å²) in [5.41, 5.74) is 4.81. The minimum absolute atomic E-state index is 0.0673. The van der Waals surface area contributed by atoms with Crippen LogP contribution in [0.25, 0.3) is 0 Å². The lowest BCUT2D eigenvalue weighted by atomic mass is 9.93. The second-order valence-corrected chi connectivity index (χ2v) is 7.92. The van der Waals surface area contributed by atoms with Gasteiger partial charge in [-0.3, -0.25) is 9.59 Å². The standard InChI is InChI=1S/C21H24N2O3/c1-12-18(19-15(23-12)5-4-6-16(19)24)20(25)22-11-13-7-8-17-14(9-13)10-21(2,3)26-17/h7-9,23H,4-6,10-11H2,1-3H3,(H,22,25). The summed E-state index contributed by atoms with van der Waals surface area (Å²) < 4.78 is 5.89. The summed E-state index contributed by atoms with van der Waals surface area (Å²) in [6, 6.07) is 6.04. The van der Waals surface area contributed by atoms with Gasteiger partial charge in [-0.2, -0.15) is 0 Å². The first-order valence-electron chi connectivity index (χ1n) is 9.18. The Kier molecular flexibility index (Phi) is 3.90. The van der Waals surface area contributed by atoms with E-state index in [-0.39, 0.29) is 17.3 Å². The molecular formula is C21H24N2O3. The monoisotopic (exact) mass is 352 g/mol. The predicted octanol–water partition coefficient (Wildman–Crippen LogP) is 3.49. The van der Waals surface area contributed by atoms with Gasteiger partial charge >= 0.3 is 0 Å². The van der Waals surface area contributed by atoms with Crippen molar-refractivity contribution in [2.45, 2.75) is 58.6 Å². The van der Waals surface area contributed by atoms with Crippen molar-refractivity contribution in [3.8, 4) is 5.75 Å². The fourth-order valence-corrected chi connectivity index (χ4v) is 4.06. The topological polar surface area (TPSA) is 71.2 Å². The maximum absolute atomic E-state index is 12.7. The lowest BCUT2D eigenvalue weighted by molar-refractivity contribution is 0.0926. The molecule has 2 heterocycles. The lowest BCUT2D eigenvalue weighted by Gasteiger charge is -2.16. The van der Waals surface area contributed by atoms with Crippen LogP contribution in [-0.2, 0) is 19.4 Å². The van der Waals surface area contributed by atoms with Crippen molar-refractivity contribution in [3.05, 3.63) is 51.8 Å². The number of fused-ring (bicyclic) bond motifs is 2. The molecule has 0 spiro atoms. The number of benzene rings is 1. The molecule has 0 bridgehead atoms. The third kappa shape index (κ3) is 2.91. The summed E-state index contributed by atoms with van der Waals surface area (Å²) in [6.45, 7) is 6.43. The molecule has 1 amide bonds. The van der Waals surface area contributed by atoms with Crippen molar-refractivity contribution >= 4 is 11.7 Å². The zero-order valence-corrected chi connectivity index (χ0v) is 15.5. The van der Waals surface area contributed by atoms with Gasteiger partial charge in [-0.05, 0) is 50.8 Å². The Labute approximate surface area is 153 Å². The molecule has 0 saturated heterocycles. The van der Waals surface area contributed by atoms with Gasteiger partial charge in [0.1, 0.15) is 11.4 Å². The van der Waals surface area contributed by atoms with E-state index in [4.69, 9.17) is 4.74 Å². The minimum atomic E-state index is -0.188. The van der Waals surface area contributed by atoms with Gasteiger partial charge in [0.2, 0.25) is 0 Å². The van der Waals surface area contributed by atoms with E-state index in [0.29, 0.717) is 24.1 Å². The molecule has 0 atom stereocenters. The van der Waals surface area contributed by atoms with E-state index in [9.17, 15) is 9.59 Å². The van der Waals surface area contributed by atoms with E-state index in [2.05, 4.69) is 30.2 Å². The van der Waals surface area contributed by atoms with Gasteiger partial charge in [0, 0.05) is 30.8 Å². The summed E-state index contributed by atoms with van der Waals surface area (Å²) in [7, 11) is 0. The zero-order chi connectivity index (χ0) is 18.5. The quantitative estimate of drug-likeness (QED) is 0.888. The van der Waals surface area contributed by atoms with Crippen molar-refractivity contribution in [2.24, 2.45) is 0 Å². The first-order valence-corrected chi connectivity index (χ1v) is 9.18. The van der Waals surface area contributed by atoms with Gasteiger partial charge in [0.05, 0.1) is 11.1 Å². The van der Waals surface area contributed by atoms with E-state index in [1.165, 1.54) is 5.56 Å². The Morgan fingerprint density at radius 3 is 2.92 bits per heavy atom. The number of ketones is 1. The minimum Gasteiger partial charge on any atom is -0.487 e. The number of nitrogens with one attached hydrogen (secondary N) is 2. The van der Waals surface area contributed by atoms with Gasteiger partial charge in [0.25, 0.3) is 5.91 Å². The van der Waals surface area contributed by atoms with E-state index in [1.54, 1.807) is 0 Å². The molecular weight excluding hydrogens is 328 g/mol. The van der Waals surface area contributed by atoms with E-state index in [0.717, 1.165) is 42.0 Å². The van der Waals surface area contributed by atoms with Crippen LogP contribution < -0.4 is 10.1 Å². The second-order valence-electron chi connectivity index (χ2n) is 7.92. The number of aromatic amines is 1. The van der Waals surface area contributed by atoms with Crippen molar-refractivity contribution in [2.75, 3.05) is 0 Å². The molecule has 2 N–H and O–H groups in total. The van der Waals surface area contributed by atoms with Gasteiger partial charge in [-0.25, -0.2) is 0 Å². The molecule has 26 heavy (non-hydrogen) atoms. The first-order chi connectivity index (χ1) is 12.3. The maximum atomic E-state index is 12.7. The van der Waals surface area contributed by atoms with Crippen LogP contribution >= 0.6 is 0 Å². The van der Waals surface area contributed by atoms with Gasteiger partial charge in [0.15, 0.2) is 5.78 Å². The Morgan fingerprint density at radius 1 is 1.31 bits per heavy atom. The molecule has 2 aromatic rings. The van der Waals surface area contributed by atoms with Crippen LogP contribution in [-0.4, -0.2) is 22.3 Å². The molecule has 1 aliphatic carbocycles. The number of hydrogen-bond donors (Lipinski definition) is 2. The molecule has 2 aliphatic rings. The Bertz CT molecular complexity index is 908. The Morgan fingerprint density at radius 2 is 2.12 bits per heavy atom. The maximum Gasteiger partial charge on any atom is 0.254 e. The number of aromatic nitrogens is 1. The molecule has 0 fully saturated rings.